The summed E-state index contributed by atoms with van der Waals surface area (Å²) in [5, 5.41) is 0. The predicted octanol–water partition coefficient (Wildman–Crippen LogP) is 0.608. The summed E-state index contributed by atoms with van der Waals surface area (Å²) in [5.41, 5.74) is 0. The van der Waals surface area contributed by atoms with Gasteiger partial charge in [0.15, 0.2) is 0 Å². The topological polar surface area (TPSA) is 9.23 Å². The number of hydrogen-bond donors (Lipinski definition) is 0. The first-order valence-corrected chi connectivity index (χ1v) is 2.77. The number of hydrogen-bond acceptors (Lipinski definition) is 1. The molecule has 0 atom stereocenters. The van der Waals surface area contributed by atoms with Crippen molar-refractivity contribution < 1.29 is 4.65 Å². The molecule has 38 valence electrons. The molecule has 0 spiro atoms. The van der Waals surface area contributed by atoms with Gasteiger partial charge in [0.1, 0.15) is 0 Å². The van der Waals surface area contributed by atoms with Crippen LogP contribution in [0, 0.1) is 0 Å². The predicted molar refractivity (Wildman–Crippen MR) is 31.6 cm³/mol. The fourth-order valence-electron chi connectivity index (χ4n) is 0.652. The molecular weight excluding hydrogens is 86.9 g/mol. The van der Waals surface area contributed by atoms with Crippen molar-refractivity contribution in [3.8, 4) is 0 Å². The Hall–Kier alpha value is -0.265. The van der Waals surface area contributed by atoms with Crippen molar-refractivity contribution in [1.82, 2.24) is 0 Å². The van der Waals surface area contributed by atoms with Crippen LogP contribution < -0.4 is 0 Å². The van der Waals surface area contributed by atoms with Crippen LogP contribution in [0.15, 0.2) is 0 Å². The first-order chi connectivity index (χ1) is 3.50. The molecule has 0 aromatic rings. The molecule has 1 aliphatic heterocycles. The summed E-state index contributed by atoms with van der Waals surface area (Å²) < 4.78 is 5.01. The molecule has 2 heteroatoms. The molecule has 0 radical (unpaired) electrons. The number of rotatable bonds is 0. The van der Waals surface area contributed by atoms with Gasteiger partial charge in [0.2, 0.25) is 0 Å². The van der Waals surface area contributed by atoms with Crippen LogP contribution in [0.5, 0.6) is 0 Å². The third-order valence-corrected chi connectivity index (χ3v) is 1.08. The third-order valence-electron chi connectivity index (χ3n) is 1.08. The monoisotopic (exact) mass is 96.1 g/mol. The van der Waals surface area contributed by atoms with E-state index in [2.05, 4.69) is 5.97 Å². The van der Waals surface area contributed by atoms with Crippen molar-refractivity contribution in [2.24, 2.45) is 0 Å². The molecule has 0 aliphatic carbocycles. The van der Waals surface area contributed by atoms with E-state index in [1.165, 1.54) is 19.3 Å². The summed E-state index contributed by atoms with van der Waals surface area (Å²) in [7, 11) is 1.80. The van der Waals surface area contributed by atoms with E-state index in [1.54, 1.807) is 7.12 Å². The van der Waals surface area contributed by atoms with Gasteiger partial charge >= 0.3 is 43.6 Å². The minimum atomic E-state index is 0.913. The van der Waals surface area contributed by atoms with Gasteiger partial charge in [-0.15, -0.1) is 0 Å². The zero-order valence-corrected chi connectivity index (χ0v) is 4.39. The Balaban J connectivity index is 2.20. The molecule has 7 heavy (non-hydrogen) atoms. The van der Waals surface area contributed by atoms with E-state index in [0.717, 1.165) is 6.61 Å². The van der Waals surface area contributed by atoms with Crippen LogP contribution in [0.3, 0.4) is 0 Å². The van der Waals surface area contributed by atoms with Crippen LogP contribution >= 0.6 is 0 Å². The average molecular weight is 95.9 g/mol. The second-order valence-electron chi connectivity index (χ2n) is 1.74. The van der Waals surface area contributed by atoms with Crippen molar-refractivity contribution in [1.29, 1.82) is 0 Å². The molecule has 0 amide bonds. The Bertz CT molecular complexity index is 62.5. The summed E-state index contributed by atoms with van der Waals surface area (Å²) in [6.45, 7) is 0.913. The molecule has 1 nitrogen and oxygen atoms in total. The van der Waals surface area contributed by atoms with E-state index in [1.807, 2.05) is 0 Å². The molecule has 0 aromatic carbocycles. The van der Waals surface area contributed by atoms with Crippen LogP contribution in [-0.4, -0.2) is 19.7 Å². The van der Waals surface area contributed by atoms with E-state index < -0.39 is 0 Å². The molecule has 1 heterocycles. The van der Waals surface area contributed by atoms with Crippen LogP contribution in [0.2, 0.25) is 0 Å². The summed E-state index contributed by atoms with van der Waals surface area (Å²) in [4.78, 5) is 0. The fraction of sp³-hybridized carbons (Fsp3) is 0.800. The fourth-order valence-corrected chi connectivity index (χ4v) is 0.652. The Morgan fingerprint density at radius 2 is 2.43 bits per heavy atom. The van der Waals surface area contributed by atoms with E-state index in [9.17, 15) is 0 Å². The van der Waals surface area contributed by atoms with E-state index in [4.69, 9.17) is 4.65 Å². The first kappa shape index (κ1) is 4.88. The van der Waals surface area contributed by atoms with Gasteiger partial charge in [-0.1, -0.05) is 0 Å². The third kappa shape index (κ3) is 1.76. The van der Waals surface area contributed by atoms with Crippen LogP contribution in [0.1, 0.15) is 19.3 Å². The quantitative estimate of drug-likeness (QED) is 0.401. The van der Waals surface area contributed by atoms with Crippen LogP contribution in [0.25, 0.3) is 0 Å². The van der Waals surface area contributed by atoms with E-state index in [-0.39, 0.29) is 0 Å². The summed E-state index contributed by atoms with van der Waals surface area (Å²) in [6.07, 6.45) is 3.70. The average Bonchev–Trinajstić information content (AvgIpc) is 1.90. The molecule has 1 rings (SSSR count). The van der Waals surface area contributed by atoms with Gasteiger partial charge in [0, 0.05) is 0 Å². The molecule has 0 bridgehead atoms. The summed E-state index contributed by atoms with van der Waals surface area (Å²) >= 11 is 0. The summed E-state index contributed by atoms with van der Waals surface area (Å²) in [6, 6.07) is 0. The van der Waals surface area contributed by atoms with E-state index >= 15 is 0 Å². The van der Waals surface area contributed by atoms with Crippen molar-refractivity contribution in [2.45, 2.75) is 19.3 Å². The molecule has 0 saturated heterocycles. The molecular formula is C5H9BO. The zero-order valence-electron chi connectivity index (χ0n) is 4.39. The Morgan fingerprint density at radius 3 is 3.43 bits per heavy atom. The van der Waals surface area contributed by atoms with Crippen molar-refractivity contribution in [3.05, 3.63) is 0 Å². The van der Waals surface area contributed by atoms with Gasteiger partial charge in [-0.05, 0) is 0 Å². The molecule has 0 saturated carbocycles. The minimum absolute atomic E-state index is 0.913. The van der Waals surface area contributed by atoms with Gasteiger partial charge in [0.25, 0.3) is 0 Å². The Morgan fingerprint density at radius 1 is 1.43 bits per heavy atom. The van der Waals surface area contributed by atoms with Gasteiger partial charge < -0.3 is 0 Å². The maximum absolute atomic E-state index is 5.01. The second-order valence-corrected chi connectivity index (χ2v) is 1.74. The molecule has 1 aliphatic rings. The van der Waals surface area contributed by atoms with Gasteiger partial charge in [-0.2, -0.15) is 0 Å². The van der Waals surface area contributed by atoms with Crippen LogP contribution in [0.4, 0.5) is 0 Å². The van der Waals surface area contributed by atoms with E-state index in [0.29, 0.717) is 0 Å². The Kier molecular flexibility index (Phi) is 1.98. The first-order valence-electron chi connectivity index (χ1n) is 2.77. The van der Waals surface area contributed by atoms with Crippen LogP contribution in [-0.2, 0) is 4.65 Å². The molecule has 0 unspecified atom stereocenters. The Labute approximate surface area is 44.6 Å². The second kappa shape index (κ2) is 2.83. The SMILES string of the molecule is B1=CCCCCO1. The summed E-state index contributed by atoms with van der Waals surface area (Å²) in [5.74, 6) is 2.08. The maximum atomic E-state index is 5.01. The molecule has 0 fully saturated rings. The van der Waals surface area contributed by atoms with Crippen molar-refractivity contribution in [2.75, 3.05) is 6.61 Å². The van der Waals surface area contributed by atoms with Gasteiger partial charge in [-0.3, -0.25) is 0 Å². The van der Waals surface area contributed by atoms with Gasteiger partial charge in [0.05, 0.1) is 0 Å². The zero-order chi connectivity index (χ0) is 4.95. The molecule has 0 N–H and O–H groups in total. The van der Waals surface area contributed by atoms with Crippen molar-refractivity contribution >= 4 is 13.1 Å². The standard InChI is InChI=1S/C5H9BO/c1-2-4-6-7-5-3-1/h4H,1-3,5H2. The van der Waals surface area contributed by atoms with Crippen molar-refractivity contribution in [3.63, 3.8) is 0 Å². The normalized spacial score (nSPS) is 19.4. The van der Waals surface area contributed by atoms with Gasteiger partial charge in [-0.25, -0.2) is 0 Å². The molecule has 0 aromatic heterocycles.